The highest BCUT2D eigenvalue weighted by molar-refractivity contribution is 5.42. The van der Waals surface area contributed by atoms with E-state index in [1.165, 1.54) is 5.56 Å². The number of hydrogen-bond donors (Lipinski definition) is 2. The zero-order valence-corrected chi connectivity index (χ0v) is 12.2. The number of ether oxygens (including phenoxy) is 1. The molecule has 1 aromatic carbocycles. The summed E-state index contributed by atoms with van der Waals surface area (Å²) in [4.78, 5) is 0. The van der Waals surface area contributed by atoms with Crippen molar-refractivity contribution in [1.82, 2.24) is 0 Å². The van der Waals surface area contributed by atoms with E-state index in [1.807, 2.05) is 13.8 Å². The lowest BCUT2D eigenvalue weighted by molar-refractivity contribution is -0.688. The van der Waals surface area contributed by atoms with E-state index in [-0.39, 0.29) is 0 Å². The molecule has 0 fully saturated rings. The Balaban J connectivity index is 2.53. The van der Waals surface area contributed by atoms with Crippen molar-refractivity contribution in [2.24, 2.45) is 0 Å². The van der Waals surface area contributed by atoms with E-state index >= 15 is 0 Å². The van der Waals surface area contributed by atoms with Gasteiger partial charge in [0.05, 0.1) is 6.04 Å². The third kappa shape index (κ3) is 4.67. The van der Waals surface area contributed by atoms with E-state index in [2.05, 4.69) is 38.2 Å². The Hall–Kier alpha value is -1.06. The fraction of sp³-hybridized carbons (Fsp3) is 0.600. The summed E-state index contributed by atoms with van der Waals surface area (Å²) in [6.45, 7) is 11.4. The number of rotatable bonds is 6. The molecule has 102 valence electrons. The number of benzene rings is 1. The molecule has 0 aliphatic carbocycles. The minimum absolute atomic E-state index is 0.355. The van der Waals surface area contributed by atoms with E-state index in [1.54, 1.807) is 0 Å². The van der Waals surface area contributed by atoms with Gasteiger partial charge < -0.3 is 15.2 Å². The maximum absolute atomic E-state index is 9.84. The molecule has 1 aromatic rings. The topological polar surface area (TPSA) is 46.1 Å². The van der Waals surface area contributed by atoms with Crippen LogP contribution in [0.5, 0.6) is 5.75 Å². The van der Waals surface area contributed by atoms with Gasteiger partial charge in [-0.3, -0.25) is 0 Å². The molecule has 0 spiro atoms. The average molecular weight is 252 g/mol. The number of hydrogen-bond acceptors (Lipinski definition) is 2. The van der Waals surface area contributed by atoms with Crippen LogP contribution in [0.15, 0.2) is 12.1 Å². The number of nitrogens with two attached hydrogens (primary N) is 1. The van der Waals surface area contributed by atoms with Gasteiger partial charge in [-0.25, -0.2) is 0 Å². The van der Waals surface area contributed by atoms with Crippen molar-refractivity contribution in [2.45, 2.75) is 46.8 Å². The van der Waals surface area contributed by atoms with Crippen LogP contribution < -0.4 is 10.1 Å². The Bertz CT molecular complexity index is 365. The molecule has 1 rings (SSSR count). The van der Waals surface area contributed by atoms with Crippen LogP contribution in [0.1, 0.15) is 30.5 Å². The van der Waals surface area contributed by atoms with E-state index in [9.17, 15) is 5.11 Å². The number of quaternary nitrogens is 1. The van der Waals surface area contributed by atoms with Crippen molar-refractivity contribution in [3.8, 4) is 5.75 Å². The molecule has 0 heterocycles. The van der Waals surface area contributed by atoms with Gasteiger partial charge in [-0.15, -0.1) is 0 Å². The van der Waals surface area contributed by atoms with Crippen molar-refractivity contribution < 1.29 is 15.2 Å². The van der Waals surface area contributed by atoms with Crippen LogP contribution in [0.3, 0.4) is 0 Å². The Labute approximate surface area is 110 Å². The zero-order chi connectivity index (χ0) is 13.7. The Morgan fingerprint density at radius 3 is 2.22 bits per heavy atom. The van der Waals surface area contributed by atoms with Crippen molar-refractivity contribution in [3.63, 3.8) is 0 Å². The average Bonchev–Trinajstić information content (AvgIpc) is 2.24. The highest BCUT2D eigenvalue weighted by Crippen LogP contribution is 2.24. The Morgan fingerprint density at radius 2 is 1.72 bits per heavy atom. The summed E-state index contributed by atoms with van der Waals surface area (Å²) in [5, 5.41) is 12.0. The summed E-state index contributed by atoms with van der Waals surface area (Å²) >= 11 is 0. The quantitative estimate of drug-likeness (QED) is 0.802. The summed E-state index contributed by atoms with van der Waals surface area (Å²) in [6, 6.07) is 4.71. The van der Waals surface area contributed by atoms with E-state index in [0.717, 1.165) is 16.9 Å². The largest absolute Gasteiger partial charge is 0.490 e. The minimum atomic E-state index is -0.424. The van der Waals surface area contributed by atoms with E-state index in [4.69, 9.17) is 4.74 Å². The molecule has 0 amide bonds. The predicted octanol–water partition coefficient (Wildman–Crippen LogP) is 1.32. The van der Waals surface area contributed by atoms with Crippen molar-refractivity contribution in [2.75, 3.05) is 13.2 Å². The summed E-state index contributed by atoms with van der Waals surface area (Å²) in [5.74, 6) is 0.907. The molecule has 18 heavy (non-hydrogen) atoms. The molecular weight excluding hydrogens is 226 g/mol. The van der Waals surface area contributed by atoms with Crippen molar-refractivity contribution in [1.29, 1.82) is 0 Å². The molecule has 0 saturated heterocycles. The molecule has 3 nitrogen and oxygen atoms in total. The Kier molecular flexibility index (Phi) is 5.63. The number of aliphatic hydroxyl groups is 1. The standard InChI is InChI=1S/C15H25NO2/c1-10(2)16-8-14(17)9-18-15-12(4)6-11(3)7-13(15)5/h6-7,10,14,16-17H,8-9H2,1-5H3/p+1/t14-/m1/s1. The molecule has 0 radical (unpaired) electrons. The first-order chi connectivity index (χ1) is 8.40. The fourth-order valence-electron chi connectivity index (χ4n) is 2.07. The number of aliphatic hydroxyl groups excluding tert-OH is 1. The van der Waals surface area contributed by atoms with Crippen LogP contribution in [-0.4, -0.2) is 30.4 Å². The first kappa shape index (κ1) is 15.0. The van der Waals surface area contributed by atoms with Crippen LogP contribution in [0.25, 0.3) is 0 Å². The SMILES string of the molecule is Cc1cc(C)c(OC[C@H](O)C[NH2+]C(C)C)c(C)c1. The monoisotopic (exact) mass is 252 g/mol. The smallest absolute Gasteiger partial charge is 0.137 e. The highest BCUT2D eigenvalue weighted by atomic mass is 16.5. The van der Waals surface area contributed by atoms with Gasteiger partial charge in [0, 0.05) is 0 Å². The highest BCUT2D eigenvalue weighted by Gasteiger charge is 2.11. The summed E-state index contributed by atoms with van der Waals surface area (Å²) in [5.41, 5.74) is 3.51. The van der Waals surface area contributed by atoms with E-state index in [0.29, 0.717) is 19.2 Å². The van der Waals surface area contributed by atoms with E-state index < -0.39 is 6.10 Å². The maximum Gasteiger partial charge on any atom is 0.137 e. The van der Waals surface area contributed by atoms with Crippen molar-refractivity contribution >= 4 is 0 Å². The lowest BCUT2D eigenvalue weighted by Gasteiger charge is -2.16. The molecule has 1 atom stereocenters. The van der Waals surface area contributed by atoms with Gasteiger partial charge in [0.2, 0.25) is 0 Å². The van der Waals surface area contributed by atoms with Crippen LogP contribution in [0, 0.1) is 20.8 Å². The molecule has 0 aliphatic heterocycles. The van der Waals surface area contributed by atoms with Gasteiger partial charge in [0.1, 0.15) is 25.0 Å². The van der Waals surface area contributed by atoms with Crippen LogP contribution in [0.4, 0.5) is 0 Å². The zero-order valence-electron chi connectivity index (χ0n) is 12.2. The first-order valence-electron chi connectivity index (χ1n) is 6.62. The maximum atomic E-state index is 9.84. The van der Waals surface area contributed by atoms with Crippen LogP contribution in [0.2, 0.25) is 0 Å². The fourth-order valence-corrected chi connectivity index (χ4v) is 2.07. The molecule has 3 N–H and O–H groups in total. The molecule has 3 heteroatoms. The van der Waals surface area contributed by atoms with Gasteiger partial charge >= 0.3 is 0 Å². The van der Waals surface area contributed by atoms with Gasteiger partial charge in [-0.1, -0.05) is 17.7 Å². The van der Waals surface area contributed by atoms with Gasteiger partial charge in [-0.05, 0) is 45.7 Å². The predicted molar refractivity (Wildman–Crippen MR) is 74.1 cm³/mol. The van der Waals surface area contributed by atoms with Gasteiger partial charge in [0.25, 0.3) is 0 Å². The second-order valence-corrected chi connectivity index (χ2v) is 5.41. The summed E-state index contributed by atoms with van der Waals surface area (Å²) in [6.07, 6.45) is -0.424. The van der Waals surface area contributed by atoms with Crippen molar-refractivity contribution in [3.05, 3.63) is 28.8 Å². The molecule has 0 bridgehead atoms. The summed E-state index contributed by atoms with van der Waals surface area (Å²) in [7, 11) is 0. The minimum Gasteiger partial charge on any atom is -0.490 e. The normalized spacial score (nSPS) is 12.8. The molecule has 0 aromatic heterocycles. The molecule has 0 aliphatic rings. The molecule has 0 saturated carbocycles. The van der Waals surface area contributed by atoms with Gasteiger partial charge in [0.15, 0.2) is 0 Å². The lowest BCUT2D eigenvalue weighted by atomic mass is 10.1. The first-order valence-corrected chi connectivity index (χ1v) is 6.62. The second-order valence-electron chi connectivity index (χ2n) is 5.41. The second kappa shape index (κ2) is 6.76. The third-order valence-electron chi connectivity index (χ3n) is 2.90. The Morgan fingerprint density at radius 1 is 1.17 bits per heavy atom. The third-order valence-corrected chi connectivity index (χ3v) is 2.90. The van der Waals surface area contributed by atoms with Crippen LogP contribution in [-0.2, 0) is 0 Å². The lowest BCUT2D eigenvalue weighted by Crippen LogP contribution is -2.90. The summed E-state index contributed by atoms with van der Waals surface area (Å²) < 4.78 is 5.75. The van der Waals surface area contributed by atoms with Gasteiger partial charge in [-0.2, -0.15) is 0 Å². The molecule has 0 unspecified atom stereocenters. The van der Waals surface area contributed by atoms with Crippen LogP contribution >= 0.6 is 0 Å². The molecular formula is C15H26NO2+. The number of aryl methyl sites for hydroxylation is 3.